The summed E-state index contributed by atoms with van der Waals surface area (Å²) in [6.45, 7) is 1.97. The zero-order valence-electron chi connectivity index (χ0n) is 10.1. The molecule has 0 aliphatic heterocycles. The standard InChI is InChI=1S/C12H18N2O3/c1-3-10(5-7-15)13-12(17)9-4-6-14(2)11(16)8-9/h4,6,8,10,15H,3,5,7H2,1-2H3,(H,13,17). The number of rotatable bonds is 5. The highest BCUT2D eigenvalue weighted by Crippen LogP contribution is 2.00. The van der Waals surface area contributed by atoms with Gasteiger partial charge in [-0.1, -0.05) is 6.92 Å². The Kier molecular flexibility index (Phi) is 4.90. The molecule has 0 aromatic carbocycles. The zero-order valence-corrected chi connectivity index (χ0v) is 10.1. The first kappa shape index (κ1) is 13.4. The van der Waals surface area contributed by atoms with E-state index in [1.165, 1.54) is 10.6 Å². The molecule has 1 aromatic heterocycles. The highest BCUT2D eigenvalue weighted by Gasteiger charge is 2.12. The number of aliphatic hydroxyl groups is 1. The van der Waals surface area contributed by atoms with Gasteiger partial charge in [0.2, 0.25) is 0 Å². The number of carbonyl (C=O) groups is 1. The Hall–Kier alpha value is -1.62. The summed E-state index contributed by atoms with van der Waals surface area (Å²) in [5.74, 6) is -0.275. The summed E-state index contributed by atoms with van der Waals surface area (Å²) in [6.07, 6.45) is 2.83. The number of pyridine rings is 1. The quantitative estimate of drug-likeness (QED) is 0.773. The van der Waals surface area contributed by atoms with Crippen molar-refractivity contribution in [1.29, 1.82) is 0 Å². The van der Waals surface area contributed by atoms with Crippen LogP contribution < -0.4 is 10.9 Å². The van der Waals surface area contributed by atoms with Crippen molar-refractivity contribution >= 4 is 5.91 Å². The lowest BCUT2D eigenvalue weighted by Crippen LogP contribution is -2.35. The van der Waals surface area contributed by atoms with Crippen molar-refractivity contribution in [1.82, 2.24) is 9.88 Å². The van der Waals surface area contributed by atoms with E-state index >= 15 is 0 Å². The van der Waals surface area contributed by atoms with Crippen LogP contribution in [0.2, 0.25) is 0 Å². The van der Waals surface area contributed by atoms with Gasteiger partial charge in [-0.05, 0) is 18.9 Å². The molecule has 94 valence electrons. The second-order valence-corrected chi connectivity index (χ2v) is 3.96. The molecule has 1 amide bonds. The minimum absolute atomic E-state index is 0.0370. The number of aromatic nitrogens is 1. The third kappa shape index (κ3) is 3.71. The molecule has 17 heavy (non-hydrogen) atoms. The van der Waals surface area contributed by atoms with Crippen LogP contribution in [0.25, 0.3) is 0 Å². The van der Waals surface area contributed by atoms with Crippen LogP contribution in [-0.4, -0.2) is 28.2 Å². The van der Waals surface area contributed by atoms with Gasteiger partial charge in [0.05, 0.1) is 0 Å². The fraction of sp³-hybridized carbons (Fsp3) is 0.500. The molecule has 0 bridgehead atoms. The molecule has 0 saturated carbocycles. The Balaban J connectivity index is 2.75. The van der Waals surface area contributed by atoms with Crippen molar-refractivity contribution in [3.8, 4) is 0 Å². The third-order valence-corrected chi connectivity index (χ3v) is 2.67. The van der Waals surface area contributed by atoms with Crippen LogP contribution in [-0.2, 0) is 7.05 Å². The lowest BCUT2D eigenvalue weighted by Gasteiger charge is -2.15. The number of aryl methyl sites for hydroxylation is 1. The number of nitrogens with zero attached hydrogens (tertiary/aromatic N) is 1. The highest BCUT2D eigenvalue weighted by molar-refractivity contribution is 5.94. The minimum Gasteiger partial charge on any atom is -0.396 e. The third-order valence-electron chi connectivity index (χ3n) is 2.67. The normalized spacial score (nSPS) is 12.2. The molecular weight excluding hydrogens is 220 g/mol. The van der Waals surface area contributed by atoms with E-state index in [2.05, 4.69) is 5.32 Å². The zero-order chi connectivity index (χ0) is 12.8. The van der Waals surface area contributed by atoms with E-state index in [0.717, 1.165) is 6.42 Å². The number of amides is 1. The summed E-state index contributed by atoms with van der Waals surface area (Å²) in [6, 6.07) is 2.85. The topological polar surface area (TPSA) is 71.3 Å². The van der Waals surface area contributed by atoms with Gasteiger partial charge in [-0.2, -0.15) is 0 Å². The van der Waals surface area contributed by atoms with E-state index in [1.54, 1.807) is 19.3 Å². The molecule has 1 atom stereocenters. The molecule has 1 unspecified atom stereocenters. The molecule has 1 rings (SSSR count). The van der Waals surface area contributed by atoms with Crippen molar-refractivity contribution in [2.75, 3.05) is 6.61 Å². The molecule has 5 nitrogen and oxygen atoms in total. The van der Waals surface area contributed by atoms with E-state index in [0.29, 0.717) is 12.0 Å². The summed E-state index contributed by atoms with van der Waals surface area (Å²) in [7, 11) is 1.63. The van der Waals surface area contributed by atoms with Crippen LogP contribution >= 0.6 is 0 Å². The summed E-state index contributed by atoms with van der Waals surface area (Å²) >= 11 is 0. The lowest BCUT2D eigenvalue weighted by molar-refractivity contribution is 0.0929. The van der Waals surface area contributed by atoms with Crippen LogP contribution in [0.4, 0.5) is 0 Å². The Labute approximate surface area is 100 Å². The second-order valence-electron chi connectivity index (χ2n) is 3.96. The number of nitrogens with one attached hydrogen (secondary N) is 1. The van der Waals surface area contributed by atoms with Gasteiger partial charge in [-0.25, -0.2) is 0 Å². The molecule has 0 saturated heterocycles. The molecule has 5 heteroatoms. The summed E-state index contributed by atoms with van der Waals surface area (Å²) in [4.78, 5) is 23.2. The second kappa shape index (κ2) is 6.20. The summed E-state index contributed by atoms with van der Waals surface area (Å²) in [5.41, 5.74) is 0.136. The van der Waals surface area contributed by atoms with Crippen LogP contribution in [0.3, 0.4) is 0 Å². The largest absolute Gasteiger partial charge is 0.396 e. The van der Waals surface area contributed by atoms with Crippen LogP contribution in [0.15, 0.2) is 23.1 Å². The Bertz CT molecular complexity index is 440. The molecule has 1 aromatic rings. The molecule has 0 radical (unpaired) electrons. The van der Waals surface area contributed by atoms with Crippen LogP contribution in [0.1, 0.15) is 30.1 Å². The van der Waals surface area contributed by atoms with Crippen molar-refractivity contribution < 1.29 is 9.90 Å². The smallest absolute Gasteiger partial charge is 0.251 e. The van der Waals surface area contributed by atoms with Gasteiger partial charge in [0, 0.05) is 37.5 Å². The molecule has 0 aliphatic carbocycles. The predicted molar refractivity (Wildman–Crippen MR) is 64.9 cm³/mol. The molecule has 0 aliphatic rings. The van der Waals surface area contributed by atoms with Crippen molar-refractivity contribution in [3.63, 3.8) is 0 Å². The van der Waals surface area contributed by atoms with Crippen molar-refractivity contribution in [2.24, 2.45) is 7.05 Å². The van der Waals surface area contributed by atoms with Gasteiger partial charge in [0.25, 0.3) is 11.5 Å². The molecular formula is C12H18N2O3. The Morgan fingerprint density at radius 3 is 2.82 bits per heavy atom. The highest BCUT2D eigenvalue weighted by atomic mass is 16.3. The first-order valence-electron chi connectivity index (χ1n) is 5.67. The summed E-state index contributed by atoms with van der Waals surface area (Å²) < 4.78 is 1.40. The minimum atomic E-state index is -0.275. The number of hydrogen-bond acceptors (Lipinski definition) is 3. The maximum Gasteiger partial charge on any atom is 0.251 e. The van der Waals surface area contributed by atoms with Crippen molar-refractivity contribution in [3.05, 3.63) is 34.2 Å². The maximum atomic E-state index is 11.8. The Morgan fingerprint density at radius 1 is 1.59 bits per heavy atom. The monoisotopic (exact) mass is 238 g/mol. The maximum absolute atomic E-state index is 11.8. The van der Waals surface area contributed by atoms with E-state index in [1.807, 2.05) is 6.92 Å². The molecule has 1 heterocycles. The average Bonchev–Trinajstić information content (AvgIpc) is 2.31. The molecule has 2 N–H and O–H groups in total. The summed E-state index contributed by atoms with van der Waals surface area (Å²) in [5, 5.41) is 11.6. The van der Waals surface area contributed by atoms with E-state index in [4.69, 9.17) is 5.11 Å². The number of aliphatic hydroxyl groups excluding tert-OH is 1. The van der Waals surface area contributed by atoms with Crippen LogP contribution in [0, 0.1) is 0 Å². The van der Waals surface area contributed by atoms with Crippen LogP contribution in [0.5, 0.6) is 0 Å². The van der Waals surface area contributed by atoms with E-state index in [-0.39, 0.29) is 24.1 Å². The van der Waals surface area contributed by atoms with Crippen molar-refractivity contribution in [2.45, 2.75) is 25.8 Å². The van der Waals surface area contributed by atoms with Gasteiger partial charge < -0.3 is 15.0 Å². The van der Waals surface area contributed by atoms with Gasteiger partial charge in [-0.15, -0.1) is 0 Å². The Morgan fingerprint density at radius 2 is 2.29 bits per heavy atom. The first-order chi connectivity index (χ1) is 8.08. The van der Waals surface area contributed by atoms with Gasteiger partial charge in [0.15, 0.2) is 0 Å². The van der Waals surface area contributed by atoms with E-state index in [9.17, 15) is 9.59 Å². The average molecular weight is 238 g/mol. The number of hydrogen-bond donors (Lipinski definition) is 2. The fourth-order valence-corrected chi connectivity index (χ4v) is 1.49. The predicted octanol–water partition coefficient (Wildman–Crippen LogP) is 0.276. The first-order valence-corrected chi connectivity index (χ1v) is 5.67. The van der Waals surface area contributed by atoms with E-state index < -0.39 is 0 Å². The number of carbonyl (C=O) groups excluding carboxylic acids is 1. The van der Waals surface area contributed by atoms with Gasteiger partial charge >= 0.3 is 0 Å². The van der Waals surface area contributed by atoms with Gasteiger partial charge in [-0.3, -0.25) is 9.59 Å². The molecule has 0 spiro atoms. The van der Waals surface area contributed by atoms with Gasteiger partial charge in [0.1, 0.15) is 0 Å². The molecule has 0 fully saturated rings. The lowest BCUT2D eigenvalue weighted by atomic mass is 10.1. The fourth-order valence-electron chi connectivity index (χ4n) is 1.49. The SMILES string of the molecule is CCC(CCO)NC(=O)c1ccn(C)c(=O)c1.